The van der Waals surface area contributed by atoms with Crippen LogP contribution in [-0.2, 0) is 9.59 Å². The van der Waals surface area contributed by atoms with E-state index in [2.05, 4.69) is 15.6 Å². The summed E-state index contributed by atoms with van der Waals surface area (Å²) in [6.45, 7) is 4.04. The Bertz CT molecular complexity index is 812. The normalized spacial score (nSPS) is 20.9. The minimum atomic E-state index is -0.950. The molecule has 25 heavy (non-hydrogen) atoms. The second-order valence-electron chi connectivity index (χ2n) is 6.65. The number of carbonyl (C=O) groups excluding carboxylic acids is 2. The van der Waals surface area contributed by atoms with Crippen LogP contribution in [0.1, 0.15) is 23.6 Å². The lowest BCUT2D eigenvalue weighted by Crippen LogP contribution is -2.36. The summed E-state index contributed by atoms with van der Waals surface area (Å²) in [4.78, 5) is 39.5. The zero-order valence-electron chi connectivity index (χ0n) is 13.9. The Hall–Kier alpha value is -2.48. The van der Waals surface area contributed by atoms with Gasteiger partial charge >= 0.3 is 5.97 Å². The third-order valence-electron chi connectivity index (χ3n) is 4.57. The first-order valence-electron chi connectivity index (χ1n) is 7.96. The van der Waals surface area contributed by atoms with Crippen LogP contribution in [0, 0.1) is 17.3 Å². The van der Waals surface area contributed by atoms with Crippen molar-refractivity contribution in [2.75, 3.05) is 13.1 Å². The quantitative estimate of drug-likeness (QED) is 0.676. The Morgan fingerprint density at radius 3 is 2.48 bits per heavy atom. The van der Waals surface area contributed by atoms with Gasteiger partial charge in [0.15, 0.2) is 5.01 Å². The van der Waals surface area contributed by atoms with Crippen molar-refractivity contribution in [3.63, 3.8) is 0 Å². The van der Waals surface area contributed by atoms with Crippen LogP contribution in [0.3, 0.4) is 0 Å². The van der Waals surface area contributed by atoms with Gasteiger partial charge in [-0.25, -0.2) is 4.98 Å². The maximum absolute atomic E-state index is 12.1. The number of rotatable bonds is 6. The lowest BCUT2D eigenvalue weighted by molar-refractivity contribution is -0.140. The van der Waals surface area contributed by atoms with Crippen LogP contribution in [-0.4, -0.2) is 41.0 Å². The molecule has 2 aromatic rings. The zero-order chi connectivity index (χ0) is 18.2. The fraction of sp³-hybridized carbons (Fsp3) is 0.412. The number of thiazole rings is 1. The Labute approximate surface area is 148 Å². The van der Waals surface area contributed by atoms with Crippen LogP contribution < -0.4 is 10.6 Å². The van der Waals surface area contributed by atoms with Gasteiger partial charge in [-0.05, 0) is 17.5 Å². The maximum Gasteiger partial charge on any atom is 0.307 e. The van der Waals surface area contributed by atoms with Crippen LogP contribution >= 0.6 is 11.3 Å². The first kappa shape index (κ1) is 17.3. The molecule has 0 saturated heterocycles. The van der Waals surface area contributed by atoms with Crippen molar-refractivity contribution in [3.8, 4) is 0 Å². The van der Waals surface area contributed by atoms with Crippen molar-refractivity contribution in [1.29, 1.82) is 0 Å². The summed E-state index contributed by atoms with van der Waals surface area (Å²) in [5.74, 6) is -2.69. The Balaban J connectivity index is 1.46. The topological polar surface area (TPSA) is 108 Å². The number of aliphatic carboxylic acids is 1. The van der Waals surface area contributed by atoms with E-state index in [4.69, 9.17) is 5.11 Å². The van der Waals surface area contributed by atoms with E-state index in [1.807, 2.05) is 24.3 Å². The number of fused-ring (bicyclic) bond motifs is 1. The molecule has 1 aliphatic rings. The summed E-state index contributed by atoms with van der Waals surface area (Å²) >= 11 is 1.31. The average molecular weight is 361 g/mol. The molecule has 0 spiro atoms. The second-order valence-corrected chi connectivity index (χ2v) is 7.68. The number of aromatic nitrogens is 1. The van der Waals surface area contributed by atoms with Crippen LogP contribution in [0.5, 0.6) is 0 Å². The van der Waals surface area contributed by atoms with Crippen molar-refractivity contribution >= 4 is 39.3 Å². The smallest absolute Gasteiger partial charge is 0.307 e. The van der Waals surface area contributed by atoms with E-state index in [0.717, 1.165) is 10.2 Å². The molecule has 0 aliphatic heterocycles. The molecule has 1 aliphatic carbocycles. The Kier molecular flexibility index (Phi) is 4.47. The lowest BCUT2D eigenvalue weighted by Gasteiger charge is -2.06. The molecular formula is C17H19N3O4S. The summed E-state index contributed by atoms with van der Waals surface area (Å²) in [5.41, 5.74) is 0.252. The molecule has 1 saturated carbocycles. The molecule has 3 rings (SSSR count). The van der Waals surface area contributed by atoms with Crippen molar-refractivity contribution in [1.82, 2.24) is 15.6 Å². The number of carbonyl (C=O) groups is 3. The largest absolute Gasteiger partial charge is 0.481 e. The van der Waals surface area contributed by atoms with E-state index in [0.29, 0.717) is 5.01 Å². The minimum Gasteiger partial charge on any atom is -0.481 e. The molecule has 3 N–H and O–H groups in total. The highest BCUT2D eigenvalue weighted by atomic mass is 32.1. The van der Waals surface area contributed by atoms with E-state index < -0.39 is 23.2 Å². The van der Waals surface area contributed by atoms with Gasteiger partial charge in [0.05, 0.1) is 22.1 Å². The van der Waals surface area contributed by atoms with Crippen LogP contribution in [0.15, 0.2) is 24.3 Å². The number of carboxylic acids is 1. The molecule has 0 unspecified atom stereocenters. The monoisotopic (exact) mass is 361 g/mol. The van der Waals surface area contributed by atoms with Gasteiger partial charge in [0, 0.05) is 13.1 Å². The molecule has 7 nitrogen and oxygen atoms in total. The summed E-state index contributed by atoms with van der Waals surface area (Å²) in [6, 6.07) is 7.50. The fourth-order valence-electron chi connectivity index (χ4n) is 3.10. The van der Waals surface area contributed by atoms with E-state index in [1.165, 1.54) is 11.3 Å². The van der Waals surface area contributed by atoms with E-state index in [-0.39, 0.29) is 24.9 Å². The Morgan fingerprint density at radius 2 is 1.84 bits per heavy atom. The van der Waals surface area contributed by atoms with Gasteiger partial charge in [0.2, 0.25) is 5.91 Å². The average Bonchev–Trinajstić information content (AvgIpc) is 2.92. The van der Waals surface area contributed by atoms with Gasteiger partial charge in [-0.2, -0.15) is 0 Å². The standard InChI is InChI=1S/C17H19N3O4S/c1-17(2)11(12(17)16(23)24)13(21)18-7-8-19-14(22)15-20-9-5-3-4-6-10(9)25-15/h3-6,11-12H,7-8H2,1-2H3,(H,18,21)(H,19,22)(H,23,24)/t11-,12-/m0/s1. The number of nitrogens with one attached hydrogen (secondary N) is 2. The number of carboxylic acid groups (broad SMARTS) is 1. The molecule has 0 radical (unpaired) electrons. The predicted molar refractivity (Wildman–Crippen MR) is 93.4 cm³/mol. The van der Waals surface area contributed by atoms with Crippen molar-refractivity contribution in [2.45, 2.75) is 13.8 Å². The van der Waals surface area contributed by atoms with Gasteiger partial charge < -0.3 is 15.7 Å². The number of amides is 2. The van der Waals surface area contributed by atoms with Crippen molar-refractivity contribution < 1.29 is 19.5 Å². The van der Waals surface area contributed by atoms with Gasteiger partial charge in [0.1, 0.15) is 0 Å². The zero-order valence-corrected chi connectivity index (χ0v) is 14.7. The first-order valence-corrected chi connectivity index (χ1v) is 8.78. The highest BCUT2D eigenvalue weighted by Gasteiger charge is 2.65. The van der Waals surface area contributed by atoms with E-state index in [1.54, 1.807) is 13.8 Å². The van der Waals surface area contributed by atoms with Gasteiger partial charge in [-0.1, -0.05) is 26.0 Å². The molecule has 2 atom stereocenters. The molecule has 1 aromatic carbocycles. The molecule has 1 heterocycles. The molecule has 1 fully saturated rings. The predicted octanol–water partition coefficient (Wildman–Crippen LogP) is 1.50. The van der Waals surface area contributed by atoms with Crippen LogP contribution in [0.25, 0.3) is 10.2 Å². The van der Waals surface area contributed by atoms with Gasteiger partial charge in [-0.15, -0.1) is 11.3 Å². The number of para-hydroxylation sites is 1. The van der Waals surface area contributed by atoms with Crippen molar-refractivity contribution in [3.05, 3.63) is 29.3 Å². The number of benzene rings is 1. The lowest BCUT2D eigenvalue weighted by atomic mass is 10.1. The minimum absolute atomic E-state index is 0.244. The third kappa shape index (κ3) is 3.34. The third-order valence-corrected chi connectivity index (χ3v) is 5.61. The molecular weight excluding hydrogens is 342 g/mol. The highest BCUT2D eigenvalue weighted by Crippen LogP contribution is 2.58. The number of nitrogens with zero attached hydrogens (tertiary/aromatic N) is 1. The summed E-state index contributed by atoms with van der Waals surface area (Å²) in [7, 11) is 0. The summed E-state index contributed by atoms with van der Waals surface area (Å²) < 4.78 is 0.941. The molecule has 8 heteroatoms. The number of hydrogen-bond acceptors (Lipinski definition) is 5. The number of hydrogen-bond donors (Lipinski definition) is 3. The van der Waals surface area contributed by atoms with E-state index >= 15 is 0 Å². The molecule has 2 amide bonds. The summed E-state index contributed by atoms with van der Waals surface area (Å²) in [6.07, 6.45) is 0. The van der Waals surface area contributed by atoms with Gasteiger partial charge in [0.25, 0.3) is 5.91 Å². The van der Waals surface area contributed by atoms with Gasteiger partial charge in [-0.3, -0.25) is 14.4 Å². The second kappa shape index (κ2) is 6.44. The molecule has 132 valence electrons. The maximum atomic E-state index is 12.1. The fourth-order valence-corrected chi connectivity index (χ4v) is 3.99. The van der Waals surface area contributed by atoms with Crippen LogP contribution in [0.4, 0.5) is 0 Å². The van der Waals surface area contributed by atoms with Crippen LogP contribution in [0.2, 0.25) is 0 Å². The Morgan fingerprint density at radius 1 is 1.16 bits per heavy atom. The summed E-state index contributed by atoms with van der Waals surface area (Å²) in [5, 5.41) is 14.9. The SMILES string of the molecule is CC1(C)[C@H](C(=O)O)[C@H]1C(=O)NCCNC(=O)c1nc2ccccc2s1. The highest BCUT2D eigenvalue weighted by molar-refractivity contribution is 7.20. The first-order chi connectivity index (χ1) is 11.8. The molecule has 0 bridgehead atoms. The molecule has 1 aromatic heterocycles. The van der Waals surface area contributed by atoms with E-state index in [9.17, 15) is 14.4 Å². The van der Waals surface area contributed by atoms with Crippen molar-refractivity contribution in [2.24, 2.45) is 17.3 Å².